The van der Waals surface area contributed by atoms with Crippen molar-refractivity contribution < 1.29 is 14.4 Å². The van der Waals surface area contributed by atoms with Gasteiger partial charge in [-0.05, 0) is 24.6 Å². The lowest BCUT2D eigenvalue weighted by Gasteiger charge is -2.30. The third kappa shape index (κ3) is 1.59. The van der Waals surface area contributed by atoms with Crippen LogP contribution < -0.4 is 10.2 Å². The van der Waals surface area contributed by atoms with Gasteiger partial charge < -0.3 is 0 Å². The fourth-order valence-electron chi connectivity index (χ4n) is 3.04. The number of nitrogens with one attached hydrogen (secondary N) is 1. The Morgan fingerprint density at radius 2 is 2.05 bits per heavy atom. The van der Waals surface area contributed by atoms with Crippen LogP contribution in [0.2, 0.25) is 0 Å². The third-order valence-electron chi connectivity index (χ3n) is 3.98. The van der Waals surface area contributed by atoms with Gasteiger partial charge in [-0.1, -0.05) is 6.07 Å². The van der Waals surface area contributed by atoms with E-state index in [9.17, 15) is 14.4 Å². The number of nitrogens with zero attached hydrogens (tertiary/aromatic N) is 2. The predicted octanol–water partition coefficient (Wildman–Crippen LogP) is 1.00. The molecule has 1 fully saturated rings. The first-order chi connectivity index (χ1) is 10.2. The van der Waals surface area contributed by atoms with Crippen molar-refractivity contribution in [1.29, 1.82) is 0 Å². The molecule has 1 aromatic carbocycles. The maximum Gasteiger partial charge on any atom is 0.259 e. The summed E-state index contributed by atoms with van der Waals surface area (Å²) in [5, 5.41) is 3.07. The molecule has 0 saturated carbocycles. The molecule has 2 aromatic rings. The first kappa shape index (κ1) is 12.0. The third-order valence-corrected chi connectivity index (χ3v) is 3.98. The topological polar surface area (TPSA) is 79.4 Å². The molecule has 2 aliphatic rings. The van der Waals surface area contributed by atoms with Crippen molar-refractivity contribution in [3.05, 3.63) is 36.0 Å². The average molecular weight is 281 g/mol. The van der Waals surface area contributed by atoms with E-state index in [1.165, 1.54) is 4.90 Å². The molecular weight excluding hydrogens is 270 g/mol. The number of rotatable bonds is 1. The second-order valence-electron chi connectivity index (χ2n) is 5.17. The Kier molecular flexibility index (Phi) is 2.35. The van der Waals surface area contributed by atoms with E-state index in [4.69, 9.17) is 0 Å². The van der Waals surface area contributed by atoms with Crippen LogP contribution in [0, 0.1) is 0 Å². The van der Waals surface area contributed by atoms with Gasteiger partial charge in [-0.2, -0.15) is 0 Å². The van der Waals surface area contributed by atoms with Crippen LogP contribution in [0.4, 0.5) is 5.69 Å². The molecular formula is C15H11N3O3. The van der Waals surface area contributed by atoms with Crippen molar-refractivity contribution >= 4 is 34.3 Å². The SMILES string of the molecule is O=C1CCC(N2C(=O)c3ccnc4cccc2c34)C(=O)N1. The summed E-state index contributed by atoms with van der Waals surface area (Å²) in [6, 6.07) is 6.48. The summed E-state index contributed by atoms with van der Waals surface area (Å²) < 4.78 is 0. The molecule has 0 spiro atoms. The quantitative estimate of drug-likeness (QED) is 0.791. The van der Waals surface area contributed by atoms with Gasteiger partial charge in [0.2, 0.25) is 11.8 Å². The highest BCUT2D eigenvalue weighted by Crippen LogP contribution is 2.38. The Morgan fingerprint density at radius 1 is 1.19 bits per heavy atom. The van der Waals surface area contributed by atoms with Gasteiger partial charge in [-0.15, -0.1) is 0 Å². The van der Waals surface area contributed by atoms with Crippen LogP contribution in [0.3, 0.4) is 0 Å². The Labute approximate surface area is 119 Å². The predicted molar refractivity (Wildman–Crippen MR) is 74.7 cm³/mol. The summed E-state index contributed by atoms with van der Waals surface area (Å²) in [6.45, 7) is 0. The van der Waals surface area contributed by atoms with Crippen LogP contribution in [0.1, 0.15) is 23.2 Å². The molecule has 3 heterocycles. The van der Waals surface area contributed by atoms with Gasteiger partial charge in [-0.3, -0.25) is 29.6 Å². The molecule has 2 aliphatic heterocycles. The number of anilines is 1. The van der Waals surface area contributed by atoms with Crippen LogP contribution in [-0.2, 0) is 9.59 Å². The molecule has 21 heavy (non-hydrogen) atoms. The minimum absolute atomic E-state index is 0.210. The summed E-state index contributed by atoms with van der Waals surface area (Å²) in [6.07, 6.45) is 2.17. The molecule has 1 atom stereocenters. The fraction of sp³-hybridized carbons (Fsp3) is 0.200. The highest BCUT2D eigenvalue weighted by atomic mass is 16.2. The van der Waals surface area contributed by atoms with Crippen molar-refractivity contribution in [1.82, 2.24) is 10.3 Å². The normalized spacial score (nSPS) is 21.0. The molecule has 0 radical (unpaired) electrons. The van der Waals surface area contributed by atoms with Gasteiger partial charge >= 0.3 is 0 Å². The second kappa shape index (κ2) is 4.12. The summed E-state index contributed by atoms with van der Waals surface area (Å²) in [5.41, 5.74) is 1.98. The molecule has 1 N–H and O–H groups in total. The number of piperidine rings is 1. The van der Waals surface area contributed by atoms with E-state index in [0.717, 1.165) is 10.9 Å². The lowest BCUT2D eigenvalue weighted by Crippen LogP contribution is -2.53. The summed E-state index contributed by atoms with van der Waals surface area (Å²) in [5.74, 6) is -0.921. The van der Waals surface area contributed by atoms with Gasteiger partial charge in [0.15, 0.2) is 0 Å². The zero-order valence-corrected chi connectivity index (χ0v) is 11.0. The number of carbonyl (C=O) groups excluding carboxylic acids is 3. The minimum Gasteiger partial charge on any atom is -0.295 e. The maximum atomic E-state index is 12.6. The Hall–Kier alpha value is -2.76. The Morgan fingerprint density at radius 3 is 2.86 bits per heavy atom. The highest BCUT2D eigenvalue weighted by molar-refractivity contribution is 6.26. The molecule has 1 saturated heterocycles. The van der Waals surface area contributed by atoms with Crippen LogP contribution in [-0.4, -0.2) is 28.7 Å². The highest BCUT2D eigenvalue weighted by Gasteiger charge is 2.40. The number of hydrogen-bond donors (Lipinski definition) is 1. The molecule has 3 amide bonds. The minimum atomic E-state index is -0.645. The van der Waals surface area contributed by atoms with Crippen molar-refractivity contribution in [2.24, 2.45) is 0 Å². The summed E-state index contributed by atoms with van der Waals surface area (Å²) in [7, 11) is 0. The number of imide groups is 1. The summed E-state index contributed by atoms with van der Waals surface area (Å²) in [4.78, 5) is 41.7. The van der Waals surface area contributed by atoms with E-state index < -0.39 is 11.9 Å². The van der Waals surface area contributed by atoms with Gasteiger partial charge in [-0.25, -0.2) is 0 Å². The van der Waals surface area contributed by atoms with Crippen LogP contribution in [0.5, 0.6) is 0 Å². The van der Waals surface area contributed by atoms with E-state index >= 15 is 0 Å². The Balaban J connectivity index is 1.86. The van der Waals surface area contributed by atoms with Crippen molar-refractivity contribution in [3.8, 4) is 0 Å². The zero-order chi connectivity index (χ0) is 14.6. The monoisotopic (exact) mass is 281 g/mol. The standard InChI is InChI=1S/C15H11N3O3/c19-12-5-4-11(14(20)17-12)18-10-3-1-2-9-13(10)8(15(18)21)6-7-16-9/h1-3,6-7,11H,4-5H2,(H,17,19,20). The molecule has 1 aromatic heterocycles. The number of carbonyl (C=O) groups is 3. The number of hydrogen-bond acceptors (Lipinski definition) is 4. The average Bonchev–Trinajstić information content (AvgIpc) is 2.75. The van der Waals surface area contributed by atoms with Crippen LogP contribution >= 0.6 is 0 Å². The van der Waals surface area contributed by atoms with Gasteiger partial charge in [0.05, 0.1) is 16.8 Å². The van der Waals surface area contributed by atoms with Crippen molar-refractivity contribution in [2.45, 2.75) is 18.9 Å². The number of amides is 3. The van der Waals surface area contributed by atoms with Crippen molar-refractivity contribution in [2.75, 3.05) is 4.90 Å². The number of pyridine rings is 1. The first-order valence-corrected chi connectivity index (χ1v) is 6.72. The lowest BCUT2D eigenvalue weighted by atomic mass is 10.0. The molecule has 104 valence electrons. The number of benzene rings is 1. The van der Waals surface area contributed by atoms with Crippen LogP contribution in [0.25, 0.3) is 10.9 Å². The molecule has 6 heteroatoms. The Bertz CT molecular complexity index is 810. The zero-order valence-electron chi connectivity index (χ0n) is 11.0. The summed E-state index contributed by atoms with van der Waals surface area (Å²) >= 11 is 0. The van der Waals surface area contributed by atoms with E-state index in [2.05, 4.69) is 10.3 Å². The largest absolute Gasteiger partial charge is 0.295 e. The molecule has 6 nitrogen and oxygen atoms in total. The number of aromatic nitrogens is 1. The van der Waals surface area contributed by atoms with E-state index in [-0.39, 0.29) is 18.2 Å². The second-order valence-corrected chi connectivity index (χ2v) is 5.17. The maximum absolute atomic E-state index is 12.6. The van der Waals surface area contributed by atoms with Crippen molar-refractivity contribution in [3.63, 3.8) is 0 Å². The molecule has 1 unspecified atom stereocenters. The van der Waals surface area contributed by atoms with E-state index in [1.807, 2.05) is 18.2 Å². The van der Waals surface area contributed by atoms with Gasteiger partial charge in [0.1, 0.15) is 6.04 Å². The smallest absolute Gasteiger partial charge is 0.259 e. The molecule has 4 rings (SSSR count). The first-order valence-electron chi connectivity index (χ1n) is 6.72. The van der Waals surface area contributed by atoms with Gasteiger partial charge in [0, 0.05) is 18.0 Å². The van der Waals surface area contributed by atoms with E-state index in [0.29, 0.717) is 17.7 Å². The molecule has 0 aliphatic carbocycles. The molecule has 0 bridgehead atoms. The van der Waals surface area contributed by atoms with Gasteiger partial charge in [0.25, 0.3) is 5.91 Å². The van der Waals surface area contributed by atoms with Crippen LogP contribution in [0.15, 0.2) is 30.5 Å². The van der Waals surface area contributed by atoms with E-state index in [1.54, 1.807) is 12.3 Å². The lowest BCUT2D eigenvalue weighted by molar-refractivity contribution is -0.134. The fourth-order valence-corrected chi connectivity index (χ4v) is 3.04.